The van der Waals surface area contributed by atoms with Gasteiger partial charge in [-0.3, -0.25) is 4.79 Å². The largest absolute Gasteiger partial charge is 0.396 e. The third-order valence-corrected chi connectivity index (χ3v) is 3.84. The van der Waals surface area contributed by atoms with Crippen molar-refractivity contribution >= 4 is 21.8 Å². The molecule has 1 aromatic rings. The molecular formula is C13H16BrNO2. The van der Waals surface area contributed by atoms with Gasteiger partial charge >= 0.3 is 0 Å². The molecule has 1 unspecified atom stereocenters. The van der Waals surface area contributed by atoms with Crippen molar-refractivity contribution in [1.82, 2.24) is 4.90 Å². The second-order valence-corrected chi connectivity index (χ2v) is 5.43. The molecule has 4 heteroatoms. The lowest BCUT2D eigenvalue weighted by Gasteiger charge is -2.17. The molecule has 1 N–H and O–H groups in total. The minimum Gasteiger partial charge on any atom is -0.396 e. The maximum atomic E-state index is 12.3. The van der Waals surface area contributed by atoms with E-state index in [1.807, 2.05) is 30.0 Å². The summed E-state index contributed by atoms with van der Waals surface area (Å²) in [7, 11) is 0. The summed E-state index contributed by atoms with van der Waals surface area (Å²) in [5.41, 5.74) is 1.83. The Balaban J connectivity index is 2.15. The van der Waals surface area contributed by atoms with Gasteiger partial charge in [0.1, 0.15) is 0 Å². The van der Waals surface area contributed by atoms with E-state index in [2.05, 4.69) is 15.9 Å². The molecule has 1 aliphatic rings. The molecule has 0 bridgehead atoms. The zero-order valence-corrected chi connectivity index (χ0v) is 11.4. The van der Waals surface area contributed by atoms with E-state index in [4.69, 9.17) is 5.11 Å². The highest BCUT2D eigenvalue weighted by Crippen LogP contribution is 2.23. The van der Waals surface area contributed by atoms with Crippen molar-refractivity contribution in [2.45, 2.75) is 13.3 Å². The quantitative estimate of drug-likeness (QED) is 0.909. The van der Waals surface area contributed by atoms with Crippen molar-refractivity contribution in [3.05, 3.63) is 33.8 Å². The monoisotopic (exact) mass is 297 g/mol. The number of nitrogens with zero attached hydrogens (tertiary/aromatic N) is 1. The van der Waals surface area contributed by atoms with Crippen LogP contribution in [-0.4, -0.2) is 35.6 Å². The highest BCUT2D eigenvalue weighted by molar-refractivity contribution is 9.10. The minimum absolute atomic E-state index is 0.0489. The first-order chi connectivity index (χ1) is 8.11. The van der Waals surface area contributed by atoms with Crippen molar-refractivity contribution in [2.75, 3.05) is 19.7 Å². The average molecular weight is 298 g/mol. The number of halogens is 1. The highest BCUT2D eigenvalue weighted by Gasteiger charge is 2.27. The molecule has 1 aromatic carbocycles. The molecule has 0 aromatic heterocycles. The zero-order chi connectivity index (χ0) is 12.4. The normalized spacial score (nSPS) is 19.7. The highest BCUT2D eigenvalue weighted by atomic mass is 79.9. The number of benzene rings is 1. The molecule has 1 amide bonds. The van der Waals surface area contributed by atoms with Gasteiger partial charge in [-0.2, -0.15) is 0 Å². The predicted molar refractivity (Wildman–Crippen MR) is 70.0 cm³/mol. The van der Waals surface area contributed by atoms with Gasteiger partial charge in [0, 0.05) is 30.1 Å². The molecule has 1 fully saturated rings. The van der Waals surface area contributed by atoms with Crippen molar-refractivity contribution in [3.8, 4) is 0 Å². The van der Waals surface area contributed by atoms with Crippen molar-refractivity contribution < 1.29 is 9.90 Å². The lowest BCUT2D eigenvalue weighted by Crippen LogP contribution is -2.29. The number of hydrogen-bond donors (Lipinski definition) is 1. The maximum absolute atomic E-state index is 12.3. The van der Waals surface area contributed by atoms with Crippen LogP contribution in [0.2, 0.25) is 0 Å². The smallest absolute Gasteiger partial charge is 0.255 e. The Labute approximate surface area is 110 Å². The Kier molecular flexibility index (Phi) is 3.84. The van der Waals surface area contributed by atoms with Crippen LogP contribution >= 0.6 is 15.9 Å². The second kappa shape index (κ2) is 5.19. The topological polar surface area (TPSA) is 40.5 Å². The fourth-order valence-electron chi connectivity index (χ4n) is 2.13. The zero-order valence-electron chi connectivity index (χ0n) is 9.82. The molecule has 3 nitrogen and oxygen atoms in total. The first-order valence-electron chi connectivity index (χ1n) is 5.78. The Morgan fingerprint density at radius 1 is 1.59 bits per heavy atom. The number of aryl methyl sites for hydroxylation is 1. The Morgan fingerprint density at radius 3 is 2.94 bits per heavy atom. The van der Waals surface area contributed by atoms with Gasteiger partial charge in [-0.15, -0.1) is 0 Å². The van der Waals surface area contributed by atoms with Crippen LogP contribution in [0.1, 0.15) is 22.3 Å². The van der Waals surface area contributed by atoms with Crippen LogP contribution in [0.3, 0.4) is 0 Å². The van der Waals surface area contributed by atoms with E-state index in [0.29, 0.717) is 12.1 Å². The van der Waals surface area contributed by atoms with Crippen LogP contribution in [-0.2, 0) is 0 Å². The van der Waals surface area contributed by atoms with Crippen LogP contribution < -0.4 is 0 Å². The van der Waals surface area contributed by atoms with E-state index in [1.165, 1.54) is 0 Å². The summed E-state index contributed by atoms with van der Waals surface area (Å²) in [6.07, 6.45) is 0.895. The van der Waals surface area contributed by atoms with Crippen LogP contribution in [0, 0.1) is 12.8 Å². The summed E-state index contributed by atoms with van der Waals surface area (Å²) < 4.78 is 0.843. The summed E-state index contributed by atoms with van der Waals surface area (Å²) in [6, 6.07) is 5.75. The van der Waals surface area contributed by atoms with Crippen molar-refractivity contribution in [2.24, 2.45) is 5.92 Å². The molecule has 17 heavy (non-hydrogen) atoms. The van der Waals surface area contributed by atoms with Gasteiger partial charge in [-0.1, -0.05) is 6.07 Å². The fraction of sp³-hybridized carbons (Fsp3) is 0.462. The van der Waals surface area contributed by atoms with E-state index in [-0.39, 0.29) is 18.4 Å². The minimum atomic E-state index is 0.0489. The van der Waals surface area contributed by atoms with Gasteiger partial charge in [-0.05, 0) is 47.0 Å². The third kappa shape index (κ3) is 2.69. The summed E-state index contributed by atoms with van der Waals surface area (Å²) in [4.78, 5) is 14.1. The first-order valence-corrected chi connectivity index (χ1v) is 6.57. The lowest BCUT2D eigenvalue weighted by molar-refractivity contribution is 0.0781. The van der Waals surface area contributed by atoms with Crippen LogP contribution in [0.25, 0.3) is 0 Å². The van der Waals surface area contributed by atoms with E-state index >= 15 is 0 Å². The number of carbonyl (C=O) groups is 1. The van der Waals surface area contributed by atoms with Crippen LogP contribution in [0.4, 0.5) is 0 Å². The number of hydrogen-bond acceptors (Lipinski definition) is 2. The molecule has 1 atom stereocenters. The molecule has 2 rings (SSSR count). The SMILES string of the molecule is Cc1ccc(C(=O)N2CCC(CO)C2)c(Br)c1. The second-order valence-electron chi connectivity index (χ2n) is 4.57. The summed E-state index contributed by atoms with van der Waals surface area (Å²) in [5.74, 6) is 0.288. The van der Waals surface area contributed by atoms with Gasteiger partial charge in [-0.25, -0.2) is 0 Å². The van der Waals surface area contributed by atoms with E-state index in [1.54, 1.807) is 0 Å². The molecule has 0 saturated carbocycles. The van der Waals surface area contributed by atoms with Crippen LogP contribution in [0.5, 0.6) is 0 Å². The van der Waals surface area contributed by atoms with Crippen LogP contribution in [0.15, 0.2) is 22.7 Å². The average Bonchev–Trinajstić information content (AvgIpc) is 2.76. The van der Waals surface area contributed by atoms with Crippen molar-refractivity contribution in [3.63, 3.8) is 0 Å². The van der Waals surface area contributed by atoms with Gasteiger partial charge < -0.3 is 10.0 Å². The Hall–Kier alpha value is -0.870. The number of aliphatic hydroxyl groups is 1. The molecule has 1 heterocycles. The van der Waals surface area contributed by atoms with Gasteiger partial charge in [0.25, 0.3) is 5.91 Å². The number of amides is 1. The van der Waals surface area contributed by atoms with Gasteiger partial charge in [0.05, 0.1) is 5.56 Å². The van der Waals surface area contributed by atoms with Crippen molar-refractivity contribution in [1.29, 1.82) is 0 Å². The Morgan fingerprint density at radius 2 is 2.35 bits per heavy atom. The standard InChI is InChI=1S/C13H16BrNO2/c1-9-2-3-11(12(14)6-9)13(17)15-5-4-10(7-15)8-16/h2-3,6,10,16H,4-5,7-8H2,1H3. The lowest BCUT2D eigenvalue weighted by atomic mass is 10.1. The number of aliphatic hydroxyl groups excluding tert-OH is 1. The van der Waals surface area contributed by atoms with E-state index < -0.39 is 0 Å². The number of likely N-dealkylation sites (tertiary alicyclic amines) is 1. The fourth-order valence-corrected chi connectivity index (χ4v) is 2.79. The molecule has 1 aliphatic heterocycles. The van der Waals surface area contributed by atoms with E-state index in [0.717, 1.165) is 23.0 Å². The molecule has 0 radical (unpaired) electrons. The predicted octanol–water partition coefficient (Wildman–Crippen LogP) is 2.21. The number of rotatable bonds is 2. The molecule has 92 valence electrons. The molecule has 0 aliphatic carbocycles. The van der Waals surface area contributed by atoms with Gasteiger partial charge in [0.15, 0.2) is 0 Å². The molecule has 1 saturated heterocycles. The number of carbonyl (C=O) groups excluding carboxylic acids is 1. The van der Waals surface area contributed by atoms with Gasteiger partial charge in [0.2, 0.25) is 0 Å². The maximum Gasteiger partial charge on any atom is 0.255 e. The summed E-state index contributed by atoms with van der Waals surface area (Å²) in [5, 5.41) is 9.08. The third-order valence-electron chi connectivity index (χ3n) is 3.19. The van der Waals surface area contributed by atoms with E-state index in [9.17, 15) is 4.79 Å². The molecular weight excluding hydrogens is 282 g/mol. The summed E-state index contributed by atoms with van der Waals surface area (Å²) >= 11 is 3.43. The first kappa shape index (κ1) is 12.6. The molecule has 0 spiro atoms. The summed E-state index contributed by atoms with van der Waals surface area (Å²) in [6.45, 7) is 3.57. The Bertz CT molecular complexity index is 433.